The summed E-state index contributed by atoms with van der Waals surface area (Å²) in [5.41, 5.74) is 7.85. The van der Waals surface area contributed by atoms with Crippen LogP contribution in [0, 0.1) is 0 Å². The first-order chi connectivity index (χ1) is 10.3. The van der Waals surface area contributed by atoms with Crippen LogP contribution in [-0.4, -0.2) is 29.3 Å². The van der Waals surface area contributed by atoms with Gasteiger partial charge in [-0.1, -0.05) is 13.8 Å². The summed E-state index contributed by atoms with van der Waals surface area (Å²) in [6.45, 7) is 6.99. The van der Waals surface area contributed by atoms with Gasteiger partial charge in [-0.3, -0.25) is 0 Å². The molecule has 1 aliphatic rings. The Morgan fingerprint density at radius 2 is 1.86 bits per heavy atom. The molecule has 0 saturated carbocycles. The molecule has 0 spiro atoms. The lowest BCUT2D eigenvalue weighted by molar-refractivity contribution is 0.172. The summed E-state index contributed by atoms with van der Waals surface area (Å²) in [5, 5.41) is 0. The fourth-order valence-electron chi connectivity index (χ4n) is 3.01. The highest BCUT2D eigenvalue weighted by atomic mass is 16.6. The minimum atomic E-state index is 0.461. The molecule has 0 bridgehead atoms. The van der Waals surface area contributed by atoms with Gasteiger partial charge in [0, 0.05) is 31.1 Å². The van der Waals surface area contributed by atoms with Crippen molar-refractivity contribution in [1.29, 1.82) is 0 Å². The SMILES string of the molecule is CCC(CC)c1nc2cc3c(cc2n1CCN)OCCO3. The number of hydrogen-bond acceptors (Lipinski definition) is 4. The topological polar surface area (TPSA) is 62.3 Å². The van der Waals surface area contributed by atoms with Crippen LogP contribution in [0.5, 0.6) is 11.5 Å². The average molecular weight is 289 g/mol. The molecule has 0 aliphatic carbocycles. The van der Waals surface area contributed by atoms with Crippen molar-refractivity contribution in [3.05, 3.63) is 18.0 Å². The lowest BCUT2D eigenvalue weighted by atomic mass is 10.0. The molecule has 1 aromatic heterocycles. The Labute approximate surface area is 125 Å². The van der Waals surface area contributed by atoms with Crippen molar-refractivity contribution in [2.75, 3.05) is 19.8 Å². The number of rotatable bonds is 5. The summed E-state index contributed by atoms with van der Waals surface area (Å²) < 4.78 is 13.6. The van der Waals surface area contributed by atoms with E-state index in [1.807, 2.05) is 12.1 Å². The standard InChI is InChI=1S/C16H23N3O2/c1-3-11(4-2)16-18-12-9-14-15(21-8-7-20-14)10-13(12)19(16)6-5-17/h9-11H,3-8,17H2,1-2H3. The van der Waals surface area contributed by atoms with E-state index in [4.69, 9.17) is 20.2 Å². The van der Waals surface area contributed by atoms with Gasteiger partial charge in [-0.05, 0) is 12.8 Å². The molecule has 1 aliphatic heterocycles. The predicted molar refractivity (Wildman–Crippen MR) is 83.1 cm³/mol. The third-order valence-corrected chi connectivity index (χ3v) is 4.15. The Bertz CT molecular complexity index is 632. The molecule has 0 amide bonds. The molecule has 2 heterocycles. The first-order valence-electron chi connectivity index (χ1n) is 7.78. The number of nitrogens with two attached hydrogens (primary N) is 1. The number of hydrogen-bond donors (Lipinski definition) is 1. The Hall–Kier alpha value is -1.75. The number of imidazole rings is 1. The minimum absolute atomic E-state index is 0.461. The van der Waals surface area contributed by atoms with E-state index in [0.717, 1.165) is 47.7 Å². The van der Waals surface area contributed by atoms with E-state index in [1.54, 1.807) is 0 Å². The summed E-state index contributed by atoms with van der Waals surface area (Å²) in [7, 11) is 0. The number of aromatic nitrogens is 2. The van der Waals surface area contributed by atoms with Crippen molar-refractivity contribution in [3.8, 4) is 11.5 Å². The maximum absolute atomic E-state index is 5.80. The number of fused-ring (bicyclic) bond motifs is 2. The predicted octanol–water partition coefficient (Wildman–Crippen LogP) is 2.67. The van der Waals surface area contributed by atoms with Crippen molar-refractivity contribution in [2.45, 2.75) is 39.2 Å². The molecule has 0 fully saturated rings. The largest absolute Gasteiger partial charge is 0.486 e. The van der Waals surface area contributed by atoms with Crippen molar-refractivity contribution in [1.82, 2.24) is 9.55 Å². The molecule has 5 nitrogen and oxygen atoms in total. The third kappa shape index (κ3) is 2.46. The van der Waals surface area contributed by atoms with Crippen LogP contribution in [0.1, 0.15) is 38.4 Å². The van der Waals surface area contributed by atoms with Crippen LogP contribution in [0.4, 0.5) is 0 Å². The highest BCUT2D eigenvalue weighted by molar-refractivity contribution is 5.81. The van der Waals surface area contributed by atoms with Gasteiger partial charge in [-0.25, -0.2) is 4.98 Å². The van der Waals surface area contributed by atoms with Gasteiger partial charge in [0.25, 0.3) is 0 Å². The van der Waals surface area contributed by atoms with E-state index < -0.39 is 0 Å². The van der Waals surface area contributed by atoms with Gasteiger partial charge < -0.3 is 19.8 Å². The molecule has 0 saturated heterocycles. The van der Waals surface area contributed by atoms with Crippen molar-refractivity contribution in [3.63, 3.8) is 0 Å². The van der Waals surface area contributed by atoms with Crippen LogP contribution in [0.3, 0.4) is 0 Å². The average Bonchev–Trinajstić information content (AvgIpc) is 2.85. The van der Waals surface area contributed by atoms with Gasteiger partial charge in [0.1, 0.15) is 19.0 Å². The zero-order valence-corrected chi connectivity index (χ0v) is 12.8. The highest BCUT2D eigenvalue weighted by Gasteiger charge is 2.21. The zero-order chi connectivity index (χ0) is 14.8. The second-order valence-corrected chi connectivity index (χ2v) is 5.41. The van der Waals surface area contributed by atoms with E-state index in [2.05, 4.69) is 18.4 Å². The van der Waals surface area contributed by atoms with Crippen molar-refractivity contribution in [2.24, 2.45) is 5.73 Å². The molecule has 0 atom stereocenters. The van der Waals surface area contributed by atoms with E-state index in [-0.39, 0.29) is 0 Å². The molecule has 0 unspecified atom stereocenters. The minimum Gasteiger partial charge on any atom is -0.486 e. The van der Waals surface area contributed by atoms with Crippen LogP contribution in [0.15, 0.2) is 12.1 Å². The van der Waals surface area contributed by atoms with Gasteiger partial charge in [0.2, 0.25) is 0 Å². The summed E-state index contributed by atoms with van der Waals surface area (Å²) >= 11 is 0. The second kappa shape index (κ2) is 5.93. The molecular weight excluding hydrogens is 266 g/mol. The van der Waals surface area contributed by atoms with Gasteiger partial charge in [0.05, 0.1) is 11.0 Å². The Morgan fingerprint density at radius 3 is 2.48 bits per heavy atom. The first-order valence-corrected chi connectivity index (χ1v) is 7.78. The Balaban J connectivity index is 2.16. The smallest absolute Gasteiger partial charge is 0.163 e. The fraction of sp³-hybridized carbons (Fsp3) is 0.562. The highest BCUT2D eigenvalue weighted by Crippen LogP contribution is 2.36. The van der Waals surface area contributed by atoms with E-state index in [1.165, 1.54) is 0 Å². The first kappa shape index (κ1) is 14.2. The molecule has 2 aromatic rings. The molecule has 5 heteroatoms. The molecule has 3 rings (SSSR count). The van der Waals surface area contributed by atoms with Gasteiger partial charge in [-0.2, -0.15) is 0 Å². The summed E-state index contributed by atoms with van der Waals surface area (Å²) in [6.07, 6.45) is 2.16. The molecule has 2 N–H and O–H groups in total. The maximum atomic E-state index is 5.80. The van der Waals surface area contributed by atoms with Crippen LogP contribution in [0.25, 0.3) is 11.0 Å². The van der Waals surface area contributed by atoms with Gasteiger partial charge in [-0.15, -0.1) is 0 Å². The quantitative estimate of drug-likeness (QED) is 0.919. The van der Waals surface area contributed by atoms with Crippen molar-refractivity contribution < 1.29 is 9.47 Å². The normalized spacial score (nSPS) is 14.1. The third-order valence-electron chi connectivity index (χ3n) is 4.15. The fourth-order valence-corrected chi connectivity index (χ4v) is 3.01. The van der Waals surface area contributed by atoms with E-state index in [0.29, 0.717) is 25.7 Å². The molecular formula is C16H23N3O2. The summed E-state index contributed by atoms with van der Waals surface area (Å²) in [6, 6.07) is 4.03. The number of nitrogens with zero attached hydrogens (tertiary/aromatic N) is 2. The second-order valence-electron chi connectivity index (χ2n) is 5.41. The van der Waals surface area contributed by atoms with Gasteiger partial charge >= 0.3 is 0 Å². The zero-order valence-electron chi connectivity index (χ0n) is 12.8. The Kier molecular flexibility index (Phi) is 4.01. The summed E-state index contributed by atoms with van der Waals surface area (Å²) in [5.74, 6) is 3.19. The molecule has 21 heavy (non-hydrogen) atoms. The molecule has 1 aromatic carbocycles. The Morgan fingerprint density at radius 1 is 1.19 bits per heavy atom. The molecule has 114 valence electrons. The van der Waals surface area contributed by atoms with Gasteiger partial charge in [0.15, 0.2) is 11.5 Å². The number of benzene rings is 1. The van der Waals surface area contributed by atoms with Crippen LogP contribution in [0.2, 0.25) is 0 Å². The summed E-state index contributed by atoms with van der Waals surface area (Å²) in [4.78, 5) is 4.85. The van der Waals surface area contributed by atoms with E-state index >= 15 is 0 Å². The van der Waals surface area contributed by atoms with Crippen LogP contribution < -0.4 is 15.2 Å². The van der Waals surface area contributed by atoms with Crippen molar-refractivity contribution >= 4 is 11.0 Å². The van der Waals surface area contributed by atoms with E-state index in [9.17, 15) is 0 Å². The molecule has 0 radical (unpaired) electrons. The lowest BCUT2D eigenvalue weighted by Crippen LogP contribution is -2.16. The lowest BCUT2D eigenvalue weighted by Gasteiger charge is -2.18. The maximum Gasteiger partial charge on any atom is 0.163 e. The number of ether oxygens (including phenoxy) is 2. The van der Waals surface area contributed by atoms with Crippen LogP contribution in [-0.2, 0) is 6.54 Å². The van der Waals surface area contributed by atoms with Crippen LogP contribution >= 0.6 is 0 Å². The monoisotopic (exact) mass is 289 g/mol.